The van der Waals surface area contributed by atoms with Crippen molar-refractivity contribution in [2.24, 2.45) is 5.92 Å². The summed E-state index contributed by atoms with van der Waals surface area (Å²) in [6.07, 6.45) is 9.56. The smallest absolute Gasteiger partial charge is 0.147 e. The Kier molecular flexibility index (Phi) is 4.99. The van der Waals surface area contributed by atoms with Crippen molar-refractivity contribution in [3.05, 3.63) is 30.5 Å². The van der Waals surface area contributed by atoms with Crippen molar-refractivity contribution in [1.29, 1.82) is 0 Å². The first kappa shape index (κ1) is 19.3. The van der Waals surface area contributed by atoms with Crippen LogP contribution in [0.25, 0.3) is 11.0 Å². The SMILES string of the molecule is CC1(C)C[C@H](CN2CCCC23CCN(c2cnc4ccccc4n2)CC3)CCO1. The molecule has 5 heteroatoms. The Bertz CT molecular complexity index is 859. The highest BCUT2D eigenvalue weighted by molar-refractivity contribution is 5.75. The van der Waals surface area contributed by atoms with E-state index in [1.807, 2.05) is 24.4 Å². The lowest BCUT2D eigenvalue weighted by Gasteiger charge is -2.47. The lowest BCUT2D eigenvalue weighted by molar-refractivity contribution is -0.0806. The maximum Gasteiger partial charge on any atom is 0.147 e. The Morgan fingerprint density at radius 2 is 1.86 bits per heavy atom. The third-order valence-electron chi connectivity index (χ3n) is 7.47. The third kappa shape index (κ3) is 3.87. The largest absolute Gasteiger partial charge is 0.376 e. The van der Waals surface area contributed by atoms with Crippen LogP contribution < -0.4 is 4.90 Å². The van der Waals surface area contributed by atoms with Crippen LogP contribution in [0, 0.1) is 5.92 Å². The van der Waals surface area contributed by atoms with Gasteiger partial charge in [0.15, 0.2) is 0 Å². The average Bonchev–Trinajstić information content (AvgIpc) is 3.09. The molecule has 3 saturated heterocycles. The maximum absolute atomic E-state index is 5.95. The Labute approximate surface area is 174 Å². The van der Waals surface area contributed by atoms with Gasteiger partial charge in [-0.1, -0.05) is 12.1 Å². The number of para-hydroxylation sites is 2. The van der Waals surface area contributed by atoms with Crippen LogP contribution in [0.15, 0.2) is 30.5 Å². The first-order valence-electron chi connectivity index (χ1n) is 11.4. The molecule has 1 atom stereocenters. The van der Waals surface area contributed by atoms with Gasteiger partial charge in [-0.05, 0) is 77.0 Å². The van der Waals surface area contributed by atoms with E-state index in [0.29, 0.717) is 5.54 Å². The Morgan fingerprint density at radius 1 is 1.07 bits per heavy atom. The van der Waals surface area contributed by atoms with E-state index in [2.05, 4.69) is 34.7 Å². The summed E-state index contributed by atoms with van der Waals surface area (Å²) < 4.78 is 5.95. The molecule has 1 spiro atoms. The minimum absolute atomic E-state index is 0.0495. The average molecular weight is 395 g/mol. The molecule has 5 nitrogen and oxygen atoms in total. The van der Waals surface area contributed by atoms with Gasteiger partial charge in [-0.3, -0.25) is 9.88 Å². The zero-order valence-corrected chi connectivity index (χ0v) is 17.9. The van der Waals surface area contributed by atoms with Gasteiger partial charge in [-0.25, -0.2) is 4.98 Å². The van der Waals surface area contributed by atoms with E-state index in [4.69, 9.17) is 9.72 Å². The van der Waals surface area contributed by atoms with Crippen LogP contribution in [0.2, 0.25) is 0 Å². The molecule has 1 aromatic heterocycles. The molecule has 0 N–H and O–H groups in total. The molecule has 3 fully saturated rings. The summed E-state index contributed by atoms with van der Waals surface area (Å²) in [5, 5.41) is 0. The highest BCUT2D eigenvalue weighted by atomic mass is 16.5. The first-order valence-corrected chi connectivity index (χ1v) is 11.4. The van der Waals surface area contributed by atoms with E-state index in [1.54, 1.807) is 0 Å². The van der Waals surface area contributed by atoms with Crippen molar-refractivity contribution in [1.82, 2.24) is 14.9 Å². The van der Waals surface area contributed by atoms with Crippen LogP contribution in [0.3, 0.4) is 0 Å². The number of piperidine rings is 1. The van der Waals surface area contributed by atoms with E-state index in [1.165, 1.54) is 51.6 Å². The summed E-state index contributed by atoms with van der Waals surface area (Å²) in [4.78, 5) is 14.8. The van der Waals surface area contributed by atoms with Crippen LogP contribution >= 0.6 is 0 Å². The molecule has 0 unspecified atom stereocenters. The molecule has 3 aliphatic rings. The fourth-order valence-electron chi connectivity index (χ4n) is 5.92. The number of hydrogen-bond donors (Lipinski definition) is 0. The van der Waals surface area contributed by atoms with E-state index in [-0.39, 0.29) is 5.60 Å². The quantitative estimate of drug-likeness (QED) is 0.778. The predicted molar refractivity (Wildman–Crippen MR) is 117 cm³/mol. The maximum atomic E-state index is 5.95. The van der Waals surface area contributed by atoms with Crippen LogP contribution in [0.1, 0.15) is 52.4 Å². The molecule has 3 aliphatic heterocycles. The van der Waals surface area contributed by atoms with Crippen molar-refractivity contribution < 1.29 is 4.74 Å². The van der Waals surface area contributed by atoms with Gasteiger partial charge >= 0.3 is 0 Å². The molecule has 0 amide bonds. The van der Waals surface area contributed by atoms with Gasteiger partial charge in [0.05, 0.1) is 22.8 Å². The molecule has 1 aromatic carbocycles. The number of anilines is 1. The third-order valence-corrected chi connectivity index (χ3v) is 7.47. The van der Waals surface area contributed by atoms with Crippen LogP contribution in [-0.2, 0) is 4.74 Å². The monoisotopic (exact) mass is 394 g/mol. The number of ether oxygens (including phenoxy) is 1. The fraction of sp³-hybridized carbons (Fsp3) is 0.667. The number of benzene rings is 1. The second-order valence-corrected chi connectivity index (χ2v) is 9.94. The lowest BCUT2D eigenvalue weighted by atomic mass is 9.82. The number of aromatic nitrogens is 2. The standard InChI is InChI=1S/C24H34N4O/c1-23(2)16-19(8-15-29-23)18-28-12-5-9-24(28)10-13-27(14-11-24)22-17-25-20-6-3-4-7-21(20)26-22/h3-4,6-7,17,19H,5,8-16,18H2,1-2H3/t19-/m1/s1. The molecule has 4 heterocycles. The zero-order chi connectivity index (χ0) is 19.9. The molecule has 0 aliphatic carbocycles. The van der Waals surface area contributed by atoms with E-state index in [9.17, 15) is 0 Å². The van der Waals surface area contributed by atoms with Gasteiger partial charge in [0.25, 0.3) is 0 Å². The van der Waals surface area contributed by atoms with Crippen molar-refractivity contribution in [2.45, 2.75) is 63.5 Å². The van der Waals surface area contributed by atoms with Gasteiger partial charge in [0, 0.05) is 31.8 Å². The van der Waals surface area contributed by atoms with Gasteiger partial charge in [0.2, 0.25) is 0 Å². The summed E-state index contributed by atoms with van der Waals surface area (Å²) in [6, 6.07) is 8.16. The topological polar surface area (TPSA) is 41.5 Å². The van der Waals surface area contributed by atoms with E-state index < -0.39 is 0 Å². The van der Waals surface area contributed by atoms with Crippen LogP contribution in [-0.4, -0.2) is 58.8 Å². The van der Waals surface area contributed by atoms with Crippen molar-refractivity contribution in [2.75, 3.05) is 37.7 Å². The predicted octanol–water partition coefficient (Wildman–Crippen LogP) is 4.27. The second-order valence-electron chi connectivity index (χ2n) is 9.94. The molecule has 5 rings (SSSR count). The second kappa shape index (κ2) is 7.51. The van der Waals surface area contributed by atoms with Gasteiger partial charge in [0.1, 0.15) is 5.82 Å². The number of hydrogen-bond acceptors (Lipinski definition) is 5. The highest BCUT2D eigenvalue weighted by Gasteiger charge is 2.44. The van der Waals surface area contributed by atoms with Crippen LogP contribution in [0.5, 0.6) is 0 Å². The molecule has 0 radical (unpaired) electrons. The van der Waals surface area contributed by atoms with Crippen LogP contribution in [0.4, 0.5) is 5.82 Å². The summed E-state index contributed by atoms with van der Waals surface area (Å²) in [5.74, 6) is 1.81. The molecule has 29 heavy (non-hydrogen) atoms. The summed E-state index contributed by atoms with van der Waals surface area (Å²) >= 11 is 0. The first-order chi connectivity index (χ1) is 14.0. The Hall–Kier alpha value is -1.72. The van der Waals surface area contributed by atoms with Gasteiger partial charge < -0.3 is 9.64 Å². The zero-order valence-electron chi connectivity index (χ0n) is 17.9. The van der Waals surface area contributed by atoms with Crippen molar-refractivity contribution in [3.63, 3.8) is 0 Å². The number of nitrogens with zero attached hydrogens (tertiary/aromatic N) is 4. The van der Waals surface area contributed by atoms with Gasteiger partial charge in [-0.2, -0.15) is 0 Å². The molecule has 2 aromatic rings. The van der Waals surface area contributed by atoms with Crippen molar-refractivity contribution >= 4 is 16.9 Å². The number of likely N-dealkylation sites (tertiary alicyclic amines) is 1. The normalized spacial score (nSPS) is 27.0. The van der Waals surface area contributed by atoms with Crippen molar-refractivity contribution in [3.8, 4) is 0 Å². The van der Waals surface area contributed by atoms with Gasteiger partial charge in [-0.15, -0.1) is 0 Å². The van der Waals surface area contributed by atoms with E-state index >= 15 is 0 Å². The number of rotatable bonds is 3. The molecular formula is C24H34N4O. The molecule has 0 saturated carbocycles. The highest BCUT2D eigenvalue weighted by Crippen LogP contribution is 2.41. The molecule has 156 valence electrons. The Morgan fingerprint density at radius 3 is 2.66 bits per heavy atom. The summed E-state index contributed by atoms with van der Waals surface area (Å²) in [5.41, 5.74) is 2.43. The minimum atomic E-state index is 0.0495. The molecule has 0 bridgehead atoms. The summed E-state index contributed by atoms with van der Waals surface area (Å²) in [7, 11) is 0. The number of fused-ring (bicyclic) bond motifs is 1. The Balaban J connectivity index is 1.25. The fourth-order valence-corrected chi connectivity index (χ4v) is 5.92. The molecular weight excluding hydrogens is 360 g/mol. The minimum Gasteiger partial charge on any atom is -0.376 e. The summed E-state index contributed by atoms with van der Waals surface area (Å²) in [6.45, 7) is 10.1. The van der Waals surface area contributed by atoms with E-state index in [0.717, 1.165) is 42.5 Å². The lowest BCUT2D eigenvalue weighted by Crippen LogP contribution is -2.54.